The van der Waals surface area contributed by atoms with Crippen molar-refractivity contribution in [3.63, 3.8) is 0 Å². The average molecular weight is 356 g/mol. The van der Waals surface area contributed by atoms with Crippen LogP contribution in [0.4, 0.5) is 10.1 Å². The van der Waals surface area contributed by atoms with E-state index in [1.54, 1.807) is 42.5 Å². The first-order valence-electron chi connectivity index (χ1n) is 8.63. The lowest BCUT2D eigenvalue weighted by Gasteiger charge is -2.08. The van der Waals surface area contributed by atoms with E-state index < -0.39 is 0 Å². The molecule has 2 aromatic rings. The molecule has 0 bridgehead atoms. The minimum atomic E-state index is -0.357. The van der Waals surface area contributed by atoms with E-state index in [9.17, 15) is 14.0 Å². The molecule has 1 saturated carbocycles. The normalized spacial score (nSPS) is 18.1. The molecular weight excluding hydrogens is 335 g/mol. The number of carbonyl (C=O) groups is 2. The molecular formula is C20H21FN2O3. The van der Waals surface area contributed by atoms with Crippen LogP contribution < -0.4 is 15.4 Å². The Morgan fingerprint density at radius 1 is 1.08 bits per heavy atom. The van der Waals surface area contributed by atoms with Gasteiger partial charge in [0.1, 0.15) is 11.6 Å². The van der Waals surface area contributed by atoms with Crippen LogP contribution in [0.2, 0.25) is 0 Å². The highest BCUT2D eigenvalue weighted by Crippen LogP contribution is 2.39. The van der Waals surface area contributed by atoms with Crippen molar-refractivity contribution in [1.82, 2.24) is 5.32 Å². The number of carbonyl (C=O) groups excluding carboxylic acids is 2. The Kier molecular flexibility index (Phi) is 5.51. The lowest BCUT2D eigenvalue weighted by molar-refractivity contribution is -0.125. The van der Waals surface area contributed by atoms with E-state index in [4.69, 9.17) is 4.74 Å². The molecule has 0 heterocycles. The number of rotatable bonds is 7. The van der Waals surface area contributed by atoms with Crippen LogP contribution in [0, 0.1) is 17.7 Å². The molecule has 1 aliphatic carbocycles. The van der Waals surface area contributed by atoms with Crippen molar-refractivity contribution < 1.29 is 18.7 Å². The molecule has 0 aliphatic heterocycles. The summed E-state index contributed by atoms with van der Waals surface area (Å²) in [7, 11) is 0. The van der Waals surface area contributed by atoms with Gasteiger partial charge in [-0.3, -0.25) is 9.59 Å². The van der Waals surface area contributed by atoms with Gasteiger partial charge in [-0.05, 0) is 43.7 Å². The highest BCUT2D eigenvalue weighted by atomic mass is 19.1. The fourth-order valence-electron chi connectivity index (χ4n) is 2.77. The molecule has 0 aromatic heterocycles. The number of hydrogen-bond donors (Lipinski definition) is 2. The molecule has 26 heavy (non-hydrogen) atoms. The largest absolute Gasteiger partial charge is 0.494 e. The van der Waals surface area contributed by atoms with Crippen LogP contribution in [0.3, 0.4) is 0 Å². The van der Waals surface area contributed by atoms with Gasteiger partial charge in [0.15, 0.2) is 0 Å². The Morgan fingerprint density at radius 2 is 1.77 bits per heavy atom. The van der Waals surface area contributed by atoms with E-state index in [0.717, 1.165) is 5.75 Å². The van der Waals surface area contributed by atoms with Gasteiger partial charge < -0.3 is 15.4 Å². The van der Waals surface area contributed by atoms with Gasteiger partial charge in [-0.1, -0.05) is 18.2 Å². The predicted octanol–water partition coefficient (Wildman–Crippen LogP) is 3.12. The maximum Gasteiger partial charge on any atom is 0.228 e. The second-order valence-electron chi connectivity index (χ2n) is 6.20. The fraction of sp³-hybridized carbons (Fsp3) is 0.300. The Hall–Kier alpha value is -2.89. The summed E-state index contributed by atoms with van der Waals surface area (Å²) in [6, 6.07) is 13.4. The third-order valence-corrected chi connectivity index (χ3v) is 4.31. The number of hydrogen-bond acceptors (Lipinski definition) is 3. The molecule has 3 rings (SSSR count). The van der Waals surface area contributed by atoms with Crippen LogP contribution in [0.15, 0.2) is 48.5 Å². The Balaban J connectivity index is 1.47. The smallest absolute Gasteiger partial charge is 0.228 e. The molecule has 0 radical (unpaired) electrons. The predicted molar refractivity (Wildman–Crippen MR) is 96.1 cm³/mol. The van der Waals surface area contributed by atoms with Crippen LogP contribution in [0.25, 0.3) is 0 Å². The van der Waals surface area contributed by atoms with Gasteiger partial charge in [0.2, 0.25) is 11.8 Å². The molecule has 1 fully saturated rings. The SMILES string of the molecule is CCOc1ccc(NC(=O)C2CC2C(=O)NCc2ccccc2F)cc1. The summed E-state index contributed by atoms with van der Waals surface area (Å²) >= 11 is 0. The molecule has 0 saturated heterocycles. The summed E-state index contributed by atoms with van der Waals surface area (Å²) in [5.41, 5.74) is 1.09. The first-order chi connectivity index (χ1) is 12.6. The maximum atomic E-state index is 13.6. The number of ether oxygens (including phenoxy) is 1. The van der Waals surface area contributed by atoms with Crippen molar-refractivity contribution in [2.45, 2.75) is 19.9 Å². The molecule has 136 valence electrons. The van der Waals surface area contributed by atoms with Gasteiger partial charge in [-0.2, -0.15) is 0 Å². The first kappa shape index (κ1) is 17.9. The highest BCUT2D eigenvalue weighted by molar-refractivity contribution is 5.99. The highest BCUT2D eigenvalue weighted by Gasteiger charge is 2.47. The standard InChI is InChI=1S/C20H21FN2O3/c1-2-26-15-9-7-14(8-10-15)23-20(25)17-11-16(17)19(24)22-12-13-5-3-4-6-18(13)21/h3-10,16-17H,2,11-12H2,1H3,(H,22,24)(H,23,25). The van der Waals surface area contributed by atoms with Crippen LogP contribution in [-0.4, -0.2) is 18.4 Å². The quantitative estimate of drug-likeness (QED) is 0.801. The van der Waals surface area contributed by atoms with Crippen LogP contribution in [0.1, 0.15) is 18.9 Å². The molecule has 2 amide bonds. The minimum absolute atomic E-state index is 0.120. The van der Waals surface area contributed by atoms with Gasteiger partial charge in [-0.15, -0.1) is 0 Å². The summed E-state index contributed by atoms with van der Waals surface area (Å²) < 4.78 is 18.9. The fourth-order valence-corrected chi connectivity index (χ4v) is 2.77. The van der Waals surface area contributed by atoms with Gasteiger partial charge in [0.05, 0.1) is 18.4 Å². The summed E-state index contributed by atoms with van der Waals surface area (Å²) in [5.74, 6) is -0.720. The zero-order valence-electron chi connectivity index (χ0n) is 14.5. The monoisotopic (exact) mass is 356 g/mol. The van der Waals surface area contributed by atoms with Crippen molar-refractivity contribution >= 4 is 17.5 Å². The van der Waals surface area contributed by atoms with Crippen LogP contribution >= 0.6 is 0 Å². The van der Waals surface area contributed by atoms with Crippen LogP contribution in [0.5, 0.6) is 5.75 Å². The molecule has 2 N–H and O–H groups in total. The van der Waals surface area contributed by atoms with E-state index in [0.29, 0.717) is 24.3 Å². The zero-order valence-corrected chi connectivity index (χ0v) is 14.5. The zero-order chi connectivity index (χ0) is 18.5. The van der Waals surface area contributed by atoms with Crippen molar-refractivity contribution in [1.29, 1.82) is 0 Å². The molecule has 2 aromatic carbocycles. The summed E-state index contributed by atoms with van der Waals surface area (Å²) in [5, 5.41) is 5.50. The lowest BCUT2D eigenvalue weighted by Crippen LogP contribution is -2.27. The van der Waals surface area contributed by atoms with Gasteiger partial charge in [0, 0.05) is 17.8 Å². The van der Waals surface area contributed by atoms with Gasteiger partial charge in [-0.25, -0.2) is 4.39 Å². The number of anilines is 1. The van der Waals surface area contributed by atoms with E-state index in [-0.39, 0.29) is 36.0 Å². The molecule has 0 spiro atoms. The van der Waals surface area contributed by atoms with Crippen molar-refractivity contribution in [3.05, 3.63) is 59.9 Å². The second-order valence-corrected chi connectivity index (χ2v) is 6.20. The summed E-state index contributed by atoms with van der Waals surface area (Å²) in [6.07, 6.45) is 0.506. The van der Waals surface area contributed by atoms with E-state index >= 15 is 0 Å². The Labute approximate surface area is 151 Å². The van der Waals surface area contributed by atoms with E-state index in [1.807, 2.05) is 6.92 Å². The first-order valence-corrected chi connectivity index (χ1v) is 8.63. The summed E-state index contributed by atoms with van der Waals surface area (Å²) in [6.45, 7) is 2.60. The maximum absolute atomic E-state index is 13.6. The van der Waals surface area contributed by atoms with Gasteiger partial charge >= 0.3 is 0 Å². The number of amides is 2. The van der Waals surface area contributed by atoms with E-state index in [1.165, 1.54) is 6.07 Å². The van der Waals surface area contributed by atoms with Crippen LogP contribution in [-0.2, 0) is 16.1 Å². The molecule has 2 atom stereocenters. The average Bonchev–Trinajstić information content (AvgIpc) is 3.44. The summed E-state index contributed by atoms with van der Waals surface area (Å²) in [4.78, 5) is 24.4. The van der Waals surface area contributed by atoms with Crippen molar-refractivity contribution in [3.8, 4) is 5.75 Å². The number of halogens is 1. The molecule has 5 nitrogen and oxygen atoms in total. The molecule has 6 heteroatoms. The van der Waals surface area contributed by atoms with Gasteiger partial charge in [0.25, 0.3) is 0 Å². The van der Waals surface area contributed by atoms with Crippen molar-refractivity contribution in [2.24, 2.45) is 11.8 Å². The topological polar surface area (TPSA) is 67.4 Å². The number of benzene rings is 2. The number of nitrogens with one attached hydrogen (secondary N) is 2. The minimum Gasteiger partial charge on any atom is -0.494 e. The lowest BCUT2D eigenvalue weighted by atomic mass is 10.2. The Morgan fingerprint density at radius 3 is 2.46 bits per heavy atom. The van der Waals surface area contributed by atoms with E-state index in [2.05, 4.69) is 10.6 Å². The third-order valence-electron chi connectivity index (χ3n) is 4.31. The van der Waals surface area contributed by atoms with Crippen molar-refractivity contribution in [2.75, 3.05) is 11.9 Å². The Bertz CT molecular complexity index is 792. The molecule has 1 aliphatic rings. The molecule has 2 unspecified atom stereocenters. The third kappa shape index (κ3) is 4.39. The second kappa shape index (κ2) is 7.99.